The van der Waals surface area contributed by atoms with Gasteiger partial charge in [-0.25, -0.2) is 14.6 Å². The van der Waals surface area contributed by atoms with Crippen LogP contribution < -0.4 is 15.6 Å². The highest BCUT2D eigenvalue weighted by Gasteiger charge is 2.52. The molecule has 2 aliphatic heterocycles. The summed E-state index contributed by atoms with van der Waals surface area (Å²) >= 11 is 0. The van der Waals surface area contributed by atoms with Crippen LogP contribution in [-0.4, -0.2) is 72.3 Å². The van der Waals surface area contributed by atoms with Crippen molar-refractivity contribution < 1.29 is 28.7 Å². The number of pyridine rings is 1. The lowest BCUT2D eigenvalue weighted by atomic mass is 9.82. The molecule has 2 N–H and O–H groups in total. The van der Waals surface area contributed by atoms with E-state index in [2.05, 4.69) is 15.7 Å². The molecule has 3 aliphatic rings. The zero-order valence-corrected chi connectivity index (χ0v) is 17.1. The van der Waals surface area contributed by atoms with Gasteiger partial charge in [0.1, 0.15) is 11.4 Å². The van der Waals surface area contributed by atoms with Crippen LogP contribution >= 0.6 is 0 Å². The molecule has 4 amide bonds. The summed E-state index contributed by atoms with van der Waals surface area (Å²) in [7, 11) is 0. The summed E-state index contributed by atoms with van der Waals surface area (Å²) < 4.78 is 10.3. The average Bonchev–Trinajstić information content (AvgIpc) is 3.02. The predicted octanol–water partition coefficient (Wildman–Crippen LogP) is 0.361. The number of carbonyl (C=O) groups is 4. The summed E-state index contributed by atoms with van der Waals surface area (Å²) in [6, 6.07) is 2.61. The number of aromatic nitrogens is 1. The van der Waals surface area contributed by atoms with Gasteiger partial charge in [-0.2, -0.15) is 5.01 Å². The fraction of sp³-hybridized carbons (Fsp3) is 0.550. The van der Waals surface area contributed by atoms with Gasteiger partial charge < -0.3 is 19.7 Å². The van der Waals surface area contributed by atoms with E-state index in [-0.39, 0.29) is 5.56 Å². The van der Waals surface area contributed by atoms with Crippen molar-refractivity contribution >= 4 is 29.6 Å². The Morgan fingerprint density at radius 1 is 1.16 bits per heavy atom. The summed E-state index contributed by atoms with van der Waals surface area (Å²) in [4.78, 5) is 55.5. The molecule has 1 aromatic rings. The maximum atomic E-state index is 12.7. The summed E-state index contributed by atoms with van der Waals surface area (Å²) in [5.41, 5.74) is 1.49. The van der Waals surface area contributed by atoms with Crippen LogP contribution in [0, 0.1) is 0 Å². The SMILES string of the molecule is O=C(COC(=O)c1ccc(N2CCOCC2)nc1)NN1C(=O)NC2(CCCCC2)C1=O. The van der Waals surface area contributed by atoms with Crippen molar-refractivity contribution in [2.75, 3.05) is 37.8 Å². The van der Waals surface area contributed by atoms with E-state index in [4.69, 9.17) is 9.47 Å². The van der Waals surface area contributed by atoms with E-state index < -0.39 is 36.0 Å². The molecule has 0 atom stereocenters. The number of imide groups is 1. The lowest BCUT2D eigenvalue weighted by Gasteiger charge is -2.30. The highest BCUT2D eigenvalue weighted by atomic mass is 16.5. The third kappa shape index (κ3) is 4.46. The maximum Gasteiger partial charge on any atom is 0.344 e. The number of morpholine rings is 1. The van der Waals surface area contributed by atoms with Gasteiger partial charge in [0.15, 0.2) is 6.61 Å². The van der Waals surface area contributed by atoms with E-state index in [9.17, 15) is 19.2 Å². The minimum atomic E-state index is -0.937. The molecule has 1 spiro atoms. The van der Waals surface area contributed by atoms with Crippen LogP contribution in [0.2, 0.25) is 0 Å². The highest BCUT2D eigenvalue weighted by Crippen LogP contribution is 2.32. The number of nitrogens with zero attached hydrogens (tertiary/aromatic N) is 3. The third-order valence-electron chi connectivity index (χ3n) is 5.76. The molecule has 0 unspecified atom stereocenters. The van der Waals surface area contributed by atoms with Crippen molar-refractivity contribution in [2.24, 2.45) is 0 Å². The molecule has 0 aromatic carbocycles. The van der Waals surface area contributed by atoms with Crippen LogP contribution in [0.15, 0.2) is 18.3 Å². The van der Waals surface area contributed by atoms with Crippen LogP contribution in [0.4, 0.5) is 10.6 Å². The second kappa shape index (κ2) is 8.88. The molecule has 1 aliphatic carbocycles. The Labute approximate surface area is 179 Å². The molecule has 166 valence electrons. The Balaban J connectivity index is 1.28. The molecule has 11 heteroatoms. The zero-order chi connectivity index (χ0) is 21.8. The first-order valence-corrected chi connectivity index (χ1v) is 10.4. The number of hydrogen-bond donors (Lipinski definition) is 2. The van der Waals surface area contributed by atoms with Crippen molar-refractivity contribution in [1.82, 2.24) is 20.7 Å². The quantitative estimate of drug-likeness (QED) is 0.505. The number of rotatable bonds is 5. The van der Waals surface area contributed by atoms with Crippen molar-refractivity contribution in [1.29, 1.82) is 0 Å². The van der Waals surface area contributed by atoms with Gasteiger partial charge in [0.25, 0.3) is 11.8 Å². The Kier molecular flexibility index (Phi) is 6.03. The topological polar surface area (TPSA) is 130 Å². The second-order valence-corrected chi connectivity index (χ2v) is 7.83. The van der Waals surface area contributed by atoms with Crippen LogP contribution in [0.25, 0.3) is 0 Å². The molecule has 11 nitrogen and oxygen atoms in total. The number of nitrogens with one attached hydrogen (secondary N) is 2. The van der Waals surface area contributed by atoms with Crippen LogP contribution in [0.1, 0.15) is 42.5 Å². The normalized spacial score (nSPS) is 20.5. The number of anilines is 1. The van der Waals surface area contributed by atoms with Crippen LogP contribution in [0.3, 0.4) is 0 Å². The fourth-order valence-corrected chi connectivity index (χ4v) is 4.07. The van der Waals surface area contributed by atoms with Gasteiger partial charge >= 0.3 is 12.0 Å². The Morgan fingerprint density at radius 2 is 1.90 bits per heavy atom. The minimum absolute atomic E-state index is 0.195. The van der Waals surface area contributed by atoms with E-state index in [1.807, 2.05) is 4.90 Å². The average molecular weight is 431 g/mol. The third-order valence-corrected chi connectivity index (χ3v) is 5.76. The van der Waals surface area contributed by atoms with Crippen LogP contribution in [0.5, 0.6) is 0 Å². The number of hydrogen-bond acceptors (Lipinski definition) is 8. The van der Waals surface area contributed by atoms with E-state index in [0.29, 0.717) is 31.1 Å². The lowest BCUT2D eigenvalue weighted by molar-refractivity contribution is -0.140. The van der Waals surface area contributed by atoms with Crippen molar-refractivity contribution in [2.45, 2.75) is 37.6 Å². The lowest BCUT2D eigenvalue weighted by Crippen LogP contribution is -2.51. The second-order valence-electron chi connectivity index (χ2n) is 7.83. The summed E-state index contributed by atoms with van der Waals surface area (Å²) in [5.74, 6) is -1.24. The Hall–Kier alpha value is -3.21. The van der Waals surface area contributed by atoms with Gasteiger partial charge in [-0.15, -0.1) is 0 Å². The molecule has 0 radical (unpaired) electrons. The standard InChI is InChI=1S/C20H25N5O6/c26-16(23-25-18(28)20(22-19(25)29)6-2-1-3-7-20)13-31-17(27)14-4-5-15(21-12-14)24-8-10-30-11-9-24/h4-5,12H,1-3,6-11,13H2,(H,22,29)(H,23,26). The summed E-state index contributed by atoms with van der Waals surface area (Å²) in [6.07, 6.45) is 5.16. The number of ether oxygens (including phenoxy) is 2. The van der Waals surface area contributed by atoms with Crippen molar-refractivity contribution in [3.05, 3.63) is 23.9 Å². The Morgan fingerprint density at radius 3 is 2.58 bits per heavy atom. The van der Waals surface area contributed by atoms with Gasteiger partial charge in [0, 0.05) is 19.3 Å². The maximum absolute atomic E-state index is 12.7. The first kappa shape index (κ1) is 21.0. The molecule has 3 fully saturated rings. The van der Waals surface area contributed by atoms with Gasteiger partial charge in [0.2, 0.25) is 0 Å². The number of esters is 1. The molecular weight excluding hydrogens is 406 g/mol. The number of urea groups is 1. The number of carbonyl (C=O) groups excluding carboxylic acids is 4. The van der Waals surface area contributed by atoms with Crippen LogP contribution in [-0.2, 0) is 19.1 Å². The van der Waals surface area contributed by atoms with E-state index in [0.717, 1.165) is 38.2 Å². The minimum Gasteiger partial charge on any atom is -0.452 e. The first-order valence-electron chi connectivity index (χ1n) is 10.4. The number of amides is 4. The Bertz CT molecular complexity index is 861. The summed E-state index contributed by atoms with van der Waals surface area (Å²) in [6.45, 7) is 2.06. The molecule has 3 heterocycles. The summed E-state index contributed by atoms with van der Waals surface area (Å²) in [5, 5.41) is 3.37. The first-order chi connectivity index (χ1) is 15.0. The van der Waals surface area contributed by atoms with Gasteiger partial charge in [-0.3, -0.25) is 15.0 Å². The fourth-order valence-electron chi connectivity index (χ4n) is 4.07. The molecular formula is C20H25N5O6. The highest BCUT2D eigenvalue weighted by molar-refractivity contribution is 6.08. The van der Waals surface area contributed by atoms with E-state index in [1.165, 1.54) is 6.20 Å². The zero-order valence-electron chi connectivity index (χ0n) is 17.1. The molecule has 31 heavy (non-hydrogen) atoms. The number of hydrazine groups is 1. The van der Waals surface area contributed by atoms with Gasteiger partial charge in [-0.05, 0) is 25.0 Å². The van der Waals surface area contributed by atoms with Gasteiger partial charge in [-0.1, -0.05) is 19.3 Å². The molecule has 0 bridgehead atoms. The predicted molar refractivity (Wildman–Crippen MR) is 107 cm³/mol. The monoisotopic (exact) mass is 431 g/mol. The smallest absolute Gasteiger partial charge is 0.344 e. The molecule has 1 saturated carbocycles. The van der Waals surface area contributed by atoms with Crippen molar-refractivity contribution in [3.8, 4) is 0 Å². The van der Waals surface area contributed by atoms with Gasteiger partial charge in [0.05, 0.1) is 18.8 Å². The largest absolute Gasteiger partial charge is 0.452 e. The molecule has 4 rings (SSSR count). The van der Waals surface area contributed by atoms with E-state index in [1.54, 1.807) is 12.1 Å². The molecule has 1 aromatic heterocycles. The van der Waals surface area contributed by atoms with Crippen molar-refractivity contribution in [3.63, 3.8) is 0 Å². The van der Waals surface area contributed by atoms with E-state index >= 15 is 0 Å². The molecule has 2 saturated heterocycles.